The molecule has 10 nitrogen and oxygen atoms in total. The molecular weight excluding hydrogens is 450 g/mol. The topological polar surface area (TPSA) is 114 Å². The summed E-state index contributed by atoms with van der Waals surface area (Å²) in [6, 6.07) is 12.7. The Balaban J connectivity index is 1.49. The van der Waals surface area contributed by atoms with Crippen molar-refractivity contribution in [2.75, 3.05) is 26.1 Å². The third-order valence-corrected chi connectivity index (χ3v) is 5.44. The van der Waals surface area contributed by atoms with Crippen molar-refractivity contribution in [3.8, 4) is 28.7 Å². The lowest BCUT2D eigenvalue weighted by Gasteiger charge is -2.10. The molecular formula is C25H27N5O5. The summed E-state index contributed by atoms with van der Waals surface area (Å²) in [5.74, 6) is 2.66. The van der Waals surface area contributed by atoms with Gasteiger partial charge < -0.3 is 23.9 Å². The summed E-state index contributed by atoms with van der Waals surface area (Å²) in [4.78, 5) is 17.5. The van der Waals surface area contributed by atoms with Gasteiger partial charge in [-0.3, -0.25) is 4.79 Å². The highest BCUT2D eigenvalue weighted by molar-refractivity contribution is 6.03. The van der Waals surface area contributed by atoms with Crippen molar-refractivity contribution in [2.45, 2.75) is 27.3 Å². The quantitative estimate of drug-likeness (QED) is 0.380. The predicted molar refractivity (Wildman–Crippen MR) is 129 cm³/mol. The molecule has 0 fully saturated rings. The van der Waals surface area contributed by atoms with Crippen molar-refractivity contribution >= 4 is 11.6 Å². The van der Waals surface area contributed by atoms with Crippen LogP contribution in [0.4, 0.5) is 5.69 Å². The lowest BCUT2D eigenvalue weighted by molar-refractivity contribution is 0.102. The average Bonchev–Trinajstić information content (AvgIpc) is 3.42. The number of aromatic nitrogens is 4. The third kappa shape index (κ3) is 5.11. The number of nitrogens with one attached hydrogen (secondary N) is 1. The van der Waals surface area contributed by atoms with Crippen LogP contribution in [0.3, 0.4) is 0 Å². The minimum Gasteiger partial charge on any atom is -0.494 e. The zero-order chi connectivity index (χ0) is 24.9. The van der Waals surface area contributed by atoms with E-state index in [0.717, 1.165) is 11.3 Å². The number of anilines is 1. The van der Waals surface area contributed by atoms with Crippen molar-refractivity contribution in [3.63, 3.8) is 0 Å². The van der Waals surface area contributed by atoms with E-state index in [1.54, 1.807) is 36.9 Å². The van der Waals surface area contributed by atoms with Gasteiger partial charge in [0, 0.05) is 17.3 Å². The van der Waals surface area contributed by atoms with Gasteiger partial charge in [-0.25, -0.2) is 9.67 Å². The fourth-order valence-corrected chi connectivity index (χ4v) is 3.53. The van der Waals surface area contributed by atoms with Crippen LogP contribution in [0.5, 0.6) is 17.2 Å². The minimum absolute atomic E-state index is 0.215. The molecule has 0 aliphatic heterocycles. The number of aryl methyl sites for hydroxylation is 1. The molecule has 0 radical (unpaired) electrons. The maximum Gasteiger partial charge on any atom is 0.278 e. The molecule has 4 aromatic rings. The van der Waals surface area contributed by atoms with Crippen molar-refractivity contribution < 1.29 is 23.4 Å². The number of ether oxygens (including phenoxy) is 3. The van der Waals surface area contributed by atoms with Gasteiger partial charge in [-0.2, -0.15) is 0 Å². The lowest BCUT2D eigenvalue weighted by Crippen LogP contribution is -2.14. The number of nitrogens with zero attached hydrogens (tertiary/aromatic N) is 4. The van der Waals surface area contributed by atoms with Crippen molar-refractivity contribution in [3.05, 3.63) is 65.3 Å². The number of rotatable bonds is 9. The lowest BCUT2D eigenvalue weighted by atomic mass is 10.2. The maximum absolute atomic E-state index is 12.8. The van der Waals surface area contributed by atoms with Gasteiger partial charge in [-0.1, -0.05) is 5.21 Å². The monoisotopic (exact) mass is 477 g/mol. The zero-order valence-corrected chi connectivity index (χ0v) is 20.3. The molecule has 0 spiro atoms. The van der Waals surface area contributed by atoms with Crippen LogP contribution in [0.1, 0.15) is 34.6 Å². The molecule has 0 aliphatic carbocycles. The molecule has 10 heteroatoms. The van der Waals surface area contributed by atoms with Crippen LogP contribution in [-0.2, 0) is 6.54 Å². The molecule has 0 bridgehead atoms. The molecule has 2 aromatic heterocycles. The SMILES string of the molecule is CCOc1ccc(-c2nc(Cn3nnc(C(=O)Nc4ccc(OC)c(OC)c4)c3C)c(C)o2)cc1. The van der Waals surface area contributed by atoms with Crippen LogP contribution >= 0.6 is 0 Å². The first-order valence-electron chi connectivity index (χ1n) is 11.1. The van der Waals surface area contributed by atoms with Gasteiger partial charge in [0.25, 0.3) is 5.91 Å². The van der Waals surface area contributed by atoms with Gasteiger partial charge in [-0.15, -0.1) is 5.10 Å². The summed E-state index contributed by atoms with van der Waals surface area (Å²) >= 11 is 0. The highest BCUT2D eigenvalue weighted by Gasteiger charge is 2.20. The van der Waals surface area contributed by atoms with Crippen LogP contribution in [-0.4, -0.2) is 46.7 Å². The van der Waals surface area contributed by atoms with Crippen LogP contribution in [0.25, 0.3) is 11.5 Å². The second-order valence-electron chi connectivity index (χ2n) is 7.68. The van der Waals surface area contributed by atoms with E-state index in [0.29, 0.717) is 53.4 Å². The normalized spacial score (nSPS) is 10.8. The van der Waals surface area contributed by atoms with Crippen LogP contribution < -0.4 is 19.5 Å². The number of carbonyl (C=O) groups is 1. The van der Waals surface area contributed by atoms with Gasteiger partial charge in [0.05, 0.1) is 33.1 Å². The number of carbonyl (C=O) groups excluding carboxylic acids is 1. The first kappa shape index (κ1) is 23.8. The van der Waals surface area contributed by atoms with Crippen molar-refractivity contribution in [1.29, 1.82) is 0 Å². The highest BCUT2D eigenvalue weighted by Crippen LogP contribution is 2.30. The van der Waals surface area contributed by atoms with E-state index in [4.69, 9.17) is 18.6 Å². The Labute approximate surface area is 202 Å². The Morgan fingerprint density at radius 2 is 1.80 bits per heavy atom. The van der Waals surface area contributed by atoms with E-state index >= 15 is 0 Å². The summed E-state index contributed by atoms with van der Waals surface area (Å²) < 4.78 is 23.5. The molecule has 182 valence electrons. The zero-order valence-electron chi connectivity index (χ0n) is 20.3. The second-order valence-corrected chi connectivity index (χ2v) is 7.68. The molecule has 0 saturated heterocycles. The van der Waals surface area contributed by atoms with Gasteiger partial charge in [0.1, 0.15) is 17.2 Å². The molecule has 0 saturated carbocycles. The fourth-order valence-electron chi connectivity index (χ4n) is 3.53. The van der Waals surface area contributed by atoms with Crippen LogP contribution in [0, 0.1) is 13.8 Å². The van der Waals surface area contributed by atoms with E-state index in [1.165, 1.54) is 7.11 Å². The van der Waals surface area contributed by atoms with Crippen molar-refractivity contribution in [1.82, 2.24) is 20.0 Å². The van der Waals surface area contributed by atoms with E-state index in [9.17, 15) is 4.79 Å². The molecule has 0 atom stereocenters. The molecule has 35 heavy (non-hydrogen) atoms. The van der Waals surface area contributed by atoms with Crippen LogP contribution in [0.15, 0.2) is 46.9 Å². The van der Waals surface area contributed by atoms with Gasteiger partial charge in [-0.05, 0) is 57.2 Å². The number of methoxy groups -OCH3 is 2. The van der Waals surface area contributed by atoms with E-state index in [2.05, 4.69) is 20.6 Å². The molecule has 1 amide bonds. The fraction of sp³-hybridized carbons (Fsp3) is 0.280. The first-order valence-corrected chi connectivity index (χ1v) is 11.1. The van der Waals surface area contributed by atoms with Crippen molar-refractivity contribution in [2.24, 2.45) is 0 Å². The average molecular weight is 478 g/mol. The van der Waals surface area contributed by atoms with Gasteiger partial charge >= 0.3 is 0 Å². The molecule has 0 unspecified atom stereocenters. The minimum atomic E-state index is -0.382. The number of hydrogen-bond donors (Lipinski definition) is 1. The Morgan fingerprint density at radius 3 is 2.49 bits per heavy atom. The Hall–Kier alpha value is -4.34. The summed E-state index contributed by atoms with van der Waals surface area (Å²) in [6.45, 7) is 6.49. The van der Waals surface area contributed by atoms with E-state index in [1.807, 2.05) is 38.1 Å². The number of hydrogen-bond acceptors (Lipinski definition) is 8. The number of benzene rings is 2. The number of oxazole rings is 1. The molecule has 0 aliphatic rings. The first-order chi connectivity index (χ1) is 16.9. The standard InChI is InChI=1S/C25H27N5O5/c1-6-34-19-10-7-17(8-11-19)25-27-20(16(3)35-25)14-30-15(2)23(28-29-30)24(31)26-18-9-12-21(32-4)22(13-18)33-5/h7-13H,6,14H2,1-5H3,(H,26,31). The van der Waals surface area contributed by atoms with E-state index in [-0.39, 0.29) is 11.6 Å². The van der Waals surface area contributed by atoms with E-state index < -0.39 is 0 Å². The highest BCUT2D eigenvalue weighted by atomic mass is 16.5. The summed E-state index contributed by atoms with van der Waals surface area (Å²) in [7, 11) is 3.09. The summed E-state index contributed by atoms with van der Waals surface area (Å²) in [5.41, 5.74) is 2.91. The predicted octanol–water partition coefficient (Wildman–Crippen LogP) is 4.27. The Bertz CT molecular complexity index is 1330. The van der Waals surface area contributed by atoms with Gasteiger partial charge in [0.2, 0.25) is 5.89 Å². The molecule has 2 aromatic carbocycles. The Kier molecular flexibility index (Phi) is 7.00. The molecule has 2 heterocycles. The summed E-state index contributed by atoms with van der Waals surface area (Å²) in [6.07, 6.45) is 0. The molecule has 4 rings (SSSR count). The largest absolute Gasteiger partial charge is 0.494 e. The van der Waals surface area contributed by atoms with Crippen LogP contribution in [0.2, 0.25) is 0 Å². The smallest absolute Gasteiger partial charge is 0.278 e. The third-order valence-electron chi connectivity index (χ3n) is 5.44. The van der Waals surface area contributed by atoms with Gasteiger partial charge in [0.15, 0.2) is 17.2 Å². The second kappa shape index (κ2) is 10.3. The maximum atomic E-state index is 12.8. The Morgan fingerprint density at radius 1 is 1.06 bits per heavy atom. The number of amides is 1. The summed E-state index contributed by atoms with van der Waals surface area (Å²) in [5, 5.41) is 11.0. The molecule has 1 N–H and O–H groups in total.